The van der Waals surface area contributed by atoms with Gasteiger partial charge >= 0.3 is 0 Å². The van der Waals surface area contributed by atoms with Gasteiger partial charge < -0.3 is 10.2 Å². The van der Waals surface area contributed by atoms with Crippen LogP contribution in [0.15, 0.2) is 48.5 Å². The molecule has 0 spiro atoms. The highest BCUT2D eigenvalue weighted by Crippen LogP contribution is 2.32. The lowest BCUT2D eigenvalue weighted by Gasteiger charge is -2.35. The molecular weight excluding hydrogens is 367 g/mol. The number of hydrogen-bond acceptors (Lipinski definition) is 2. The molecule has 2 aromatic rings. The maximum Gasteiger partial charge on any atom is 0.226 e. The minimum Gasteiger partial charge on any atom is -0.334 e. The van der Waals surface area contributed by atoms with Gasteiger partial charge in [-0.2, -0.15) is 0 Å². The Kier molecular flexibility index (Phi) is 6.23. The Morgan fingerprint density at radius 2 is 1.54 bits per heavy atom. The first-order chi connectivity index (χ1) is 12.5. The van der Waals surface area contributed by atoms with E-state index in [0.717, 1.165) is 30.5 Å². The lowest BCUT2D eigenvalue weighted by molar-refractivity contribution is -0.136. The zero-order valence-corrected chi connectivity index (χ0v) is 16.6. The highest BCUT2D eigenvalue weighted by molar-refractivity contribution is 6.30. The lowest BCUT2D eigenvalue weighted by atomic mass is 9.90. The fourth-order valence-electron chi connectivity index (χ4n) is 3.70. The van der Waals surface area contributed by atoms with Gasteiger partial charge in [0.15, 0.2) is 0 Å². The van der Waals surface area contributed by atoms with Gasteiger partial charge in [0.05, 0.1) is 6.04 Å². The van der Waals surface area contributed by atoms with Crippen molar-refractivity contribution in [1.82, 2.24) is 10.2 Å². The van der Waals surface area contributed by atoms with Gasteiger partial charge in [-0.25, -0.2) is 0 Å². The average molecular weight is 391 g/mol. The van der Waals surface area contributed by atoms with E-state index in [1.807, 2.05) is 60.5 Å². The molecule has 1 saturated heterocycles. The zero-order chi connectivity index (χ0) is 18.7. The molecule has 5 heteroatoms. The summed E-state index contributed by atoms with van der Waals surface area (Å²) in [5, 5.41) is 4.78. The summed E-state index contributed by atoms with van der Waals surface area (Å²) < 4.78 is 0. The van der Waals surface area contributed by atoms with Gasteiger partial charge in [-0.1, -0.05) is 47.5 Å². The van der Waals surface area contributed by atoms with Crippen LogP contribution in [-0.4, -0.2) is 30.4 Å². The smallest absolute Gasteiger partial charge is 0.226 e. The van der Waals surface area contributed by atoms with E-state index >= 15 is 0 Å². The normalized spacial score (nSPS) is 20.2. The summed E-state index contributed by atoms with van der Waals surface area (Å²) in [4.78, 5) is 15.1. The van der Waals surface area contributed by atoms with E-state index in [0.29, 0.717) is 16.1 Å². The Labute approximate surface area is 165 Å². The van der Waals surface area contributed by atoms with E-state index in [1.165, 1.54) is 0 Å². The van der Waals surface area contributed by atoms with E-state index in [9.17, 15) is 4.79 Å². The second kappa shape index (κ2) is 8.43. The molecule has 1 N–H and O–H groups in total. The summed E-state index contributed by atoms with van der Waals surface area (Å²) in [6.07, 6.45) is 1.75. The summed E-state index contributed by atoms with van der Waals surface area (Å²) in [6, 6.07) is 15.6. The van der Waals surface area contributed by atoms with Gasteiger partial charge in [0.25, 0.3) is 0 Å². The molecule has 0 radical (unpaired) electrons. The fourth-order valence-corrected chi connectivity index (χ4v) is 3.95. The van der Waals surface area contributed by atoms with Crippen LogP contribution in [0, 0.1) is 5.92 Å². The number of carbonyl (C=O) groups is 1. The van der Waals surface area contributed by atoms with Crippen LogP contribution in [0.4, 0.5) is 0 Å². The third kappa shape index (κ3) is 4.40. The molecule has 138 valence electrons. The predicted molar refractivity (Wildman–Crippen MR) is 108 cm³/mol. The second-order valence-electron chi connectivity index (χ2n) is 7.03. The molecule has 1 heterocycles. The molecule has 0 bridgehead atoms. The van der Waals surface area contributed by atoms with Gasteiger partial charge in [0.2, 0.25) is 5.91 Å². The number of rotatable bonds is 4. The number of nitrogens with zero attached hydrogens (tertiary/aromatic N) is 1. The summed E-state index contributed by atoms with van der Waals surface area (Å²) >= 11 is 12.1. The van der Waals surface area contributed by atoms with Crippen molar-refractivity contribution in [2.24, 2.45) is 5.92 Å². The van der Waals surface area contributed by atoms with E-state index in [1.54, 1.807) is 0 Å². The maximum atomic E-state index is 13.2. The molecule has 1 amide bonds. The van der Waals surface area contributed by atoms with Crippen LogP contribution in [0.1, 0.15) is 36.9 Å². The van der Waals surface area contributed by atoms with Crippen LogP contribution in [0.2, 0.25) is 10.0 Å². The monoisotopic (exact) mass is 390 g/mol. The molecule has 1 aliphatic heterocycles. The van der Waals surface area contributed by atoms with E-state index in [-0.39, 0.29) is 17.9 Å². The Morgan fingerprint density at radius 3 is 2.00 bits per heavy atom. The molecular formula is C21H24Cl2N2O. The van der Waals surface area contributed by atoms with Crippen LogP contribution in [0.5, 0.6) is 0 Å². The molecule has 2 aromatic carbocycles. The van der Waals surface area contributed by atoms with Crippen molar-refractivity contribution in [3.8, 4) is 0 Å². The van der Waals surface area contributed by atoms with Gasteiger partial charge in [-0.05, 0) is 61.7 Å². The largest absolute Gasteiger partial charge is 0.334 e. The number of carbonyl (C=O) groups excluding carboxylic acids is 1. The topological polar surface area (TPSA) is 32.3 Å². The number of nitrogens with one attached hydrogen (secondary N) is 1. The van der Waals surface area contributed by atoms with Crippen molar-refractivity contribution in [2.45, 2.75) is 31.8 Å². The van der Waals surface area contributed by atoms with Crippen LogP contribution < -0.4 is 5.32 Å². The van der Waals surface area contributed by atoms with Gasteiger partial charge in [0.1, 0.15) is 0 Å². The summed E-state index contributed by atoms with van der Waals surface area (Å²) in [5.41, 5.74) is 2.07. The van der Waals surface area contributed by atoms with Crippen molar-refractivity contribution in [3.05, 3.63) is 69.7 Å². The van der Waals surface area contributed by atoms with Crippen LogP contribution in [0.25, 0.3) is 0 Å². The summed E-state index contributed by atoms with van der Waals surface area (Å²) in [6.45, 7) is 3.02. The molecule has 0 aliphatic carbocycles. The molecule has 2 atom stereocenters. The van der Waals surface area contributed by atoms with Gasteiger partial charge in [-0.3, -0.25) is 4.79 Å². The zero-order valence-electron chi connectivity index (χ0n) is 15.1. The van der Waals surface area contributed by atoms with Crippen LogP contribution in [0.3, 0.4) is 0 Å². The van der Waals surface area contributed by atoms with Gasteiger partial charge in [0, 0.05) is 29.1 Å². The average Bonchev–Trinajstić information content (AvgIpc) is 2.64. The van der Waals surface area contributed by atoms with Crippen molar-refractivity contribution in [3.63, 3.8) is 0 Å². The van der Waals surface area contributed by atoms with Crippen LogP contribution >= 0.6 is 23.2 Å². The number of piperidine rings is 1. The first-order valence-electron chi connectivity index (χ1n) is 8.96. The minimum absolute atomic E-state index is 0.0540. The molecule has 26 heavy (non-hydrogen) atoms. The maximum absolute atomic E-state index is 13.2. The lowest BCUT2D eigenvalue weighted by Crippen LogP contribution is -2.44. The molecule has 0 aromatic heterocycles. The Hall–Kier alpha value is -1.55. The van der Waals surface area contributed by atoms with Crippen LogP contribution in [-0.2, 0) is 4.79 Å². The third-order valence-corrected chi connectivity index (χ3v) is 5.58. The van der Waals surface area contributed by atoms with E-state index < -0.39 is 0 Å². The van der Waals surface area contributed by atoms with Crippen molar-refractivity contribution in [2.75, 3.05) is 13.6 Å². The Bertz CT molecular complexity index is 700. The highest BCUT2D eigenvalue weighted by Gasteiger charge is 2.31. The number of amides is 1. The van der Waals surface area contributed by atoms with Crippen molar-refractivity contribution in [1.29, 1.82) is 0 Å². The quantitative estimate of drug-likeness (QED) is 0.802. The SMILES string of the molecule is C[C@H]1C[C@@H](C(=O)N(C)C(c2ccc(Cl)cc2)c2ccc(Cl)cc2)CCN1. The molecule has 1 aliphatic rings. The van der Waals surface area contributed by atoms with E-state index in [2.05, 4.69) is 12.2 Å². The highest BCUT2D eigenvalue weighted by atomic mass is 35.5. The number of halogens is 2. The molecule has 0 unspecified atom stereocenters. The van der Waals surface area contributed by atoms with Gasteiger partial charge in [-0.15, -0.1) is 0 Å². The minimum atomic E-state index is -0.165. The molecule has 1 fully saturated rings. The standard InChI is InChI=1S/C21H24Cl2N2O/c1-14-13-17(11-12-24-14)21(26)25(2)20(15-3-7-18(22)8-4-15)16-5-9-19(23)10-6-16/h3-10,14,17,20,24H,11-13H2,1-2H3/t14-,17-/m0/s1. The fraction of sp³-hybridized carbons (Fsp3) is 0.381. The molecule has 3 nitrogen and oxygen atoms in total. The van der Waals surface area contributed by atoms with Crippen molar-refractivity contribution < 1.29 is 4.79 Å². The summed E-state index contributed by atoms with van der Waals surface area (Å²) in [7, 11) is 1.89. The first-order valence-corrected chi connectivity index (χ1v) is 9.72. The second-order valence-corrected chi connectivity index (χ2v) is 7.90. The first kappa shape index (κ1) is 19.2. The molecule has 3 rings (SSSR count). The Morgan fingerprint density at radius 1 is 1.04 bits per heavy atom. The Balaban J connectivity index is 1.92. The predicted octanol–water partition coefficient (Wildman–Crippen LogP) is 4.93. The molecule has 0 saturated carbocycles. The number of hydrogen-bond donors (Lipinski definition) is 1. The third-order valence-electron chi connectivity index (χ3n) is 5.08. The number of benzene rings is 2. The summed E-state index contributed by atoms with van der Waals surface area (Å²) in [5.74, 6) is 0.242. The van der Waals surface area contributed by atoms with E-state index in [4.69, 9.17) is 23.2 Å². The van der Waals surface area contributed by atoms with Crippen molar-refractivity contribution >= 4 is 29.1 Å².